The number of aryl methyl sites for hydroxylation is 1. The molecule has 0 radical (unpaired) electrons. The van der Waals surface area contributed by atoms with Crippen molar-refractivity contribution in [2.75, 3.05) is 0 Å². The first-order valence-electron chi connectivity index (χ1n) is 5.71. The van der Waals surface area contributed by atoms with Gasteiger partial charge in [-0.2, -0.15) is 0 Å². The van der Waals surface area contributed by atoms with Gasteiger partial charge in [0.1, 0.15) is 0 Å². The molecule has 3 nitrogen and oxygen atoms in total. The molecule has 0 unspecified atom stereocenters. The molecular weight excluding hydrogens is 283 g/mol. The zero-order valence-corrected chi connectivity index (χ0v) is 11.6. The van der Waals surface area contributed by atoms with Crippen LogP contribution in [0.2, 0.25) is 10.0 Å². The van der Waals surface area contributed by atoms with Crippen LogP contribution in [0.15, 0.2) is 41.0 Å². The number of aromatic amines is 1. The smallest absolute Gasteiger partial charge is 0.174 e. The van der Waals surface area contributed by atoms with E-state index >= 15 is 0 Å². The second-order valence-corrected chi connectivity index (χ2v) is 4.95. The Morgan fingerprint density at radius 2 is 1.84 bits per heavy atom. The molecule has 3 rings (SSSR count). The fraction of sp³-hybridized carbons (Fsp3) is 0.0714. The van der Waals surface area contributed by atoms with Crippen molar-refractivity contribution in [3.63, 3.8) is 0 Å². The molecule has 0 saturated carbocycles. The molecule has 2 heterocycles. The lowest BCUT2D eigenvalue weighted by Gasteiger charge is -2.04. The lowest BCUT2D eigenvalue weighted by Crippen LogP contribution is -1.84. The van der Waals surface area contributed by atoms with Crippen molar-refractivity contribution in [2.45, 2.75) is 6.92 Å². The molecule has 0 aliphatic carbocycles. The molecular formula is C14H10Cl2N2O. The van der Waals surface area contributed by atoms with E-state index < -0.39 is 0 Å². The Morgan fingerprint density at radius 3 is 2.47 bits per heavy atom. The first-order valence-corrected chi connectivity index (χ1v) is 6.47. The predicted octanol–water partition coefficient (Wildman–Crippen LogP) is 4.95. The summed E-state index contributed by atoms with van der Waals surface area (Å²) in [5.74, 6) is 1.34. The first kappa shape index (κ1) is 12.3. The van der Waals surface area contributed by atoms with Crippen molar-refractivity contribution in [2.24, 2.45) is 0 Å². The summed E-state index contributed by atoms with van der Waals surface area (Å²) in [4.78, 5) is 7.70. The lowest BCUT2D eigenvalue weighted by molar-refractivity contribution is 0.578. The van der Waals surface area contributed by atoms with Crippen molar-refractivity contribution in [1.29, 1.82) is 0 Å². The molecule has 2 aromatic heterocycles. The van der Waals surface area contributed by atoms with Gasteiger partial charge in [0.2, 0.25) is 0 Å². The molecule has 96 valence electrons. The number of hydrogen-bond donors (Lipinski definition) is 1. The van der Waals surface area contributed by atoms with Crippen LogP contribution in [0.4, 0.5) is 0 Å². The van der Waals surface area contributed by atoms with E-state index in [0.29, 0.717) is 21.6 Å². The number of nitrogens with zero attached hydrogens (tertiary/aromatic N) is 1. The van der Waals surface area contributed by atoms with Crippen LogP contribution in [0, 0.1) is 6.92 Å². The largest absolute Gasteiger partial charge is 0.461 e. The fourth-order valence-electron chi connectivity index (χ4n) is 1.96. The summed E-state index contributed by atoms with van der Waals surface area (Å²) in [5.41, 5.74) is 2.36. The number of nitrogens with one attached hydrogen (secondary N) is 1. The van der Waals surface area contributed by atoms with Gasteiger partial charge >= 0.3 is 0 Å². The third-order valence-electron chi connectivity index (χ3n) is 2.84. The van der Waals surface area contributed by atoms with Gasteiger partial charge in [0.25, 0.3) is 0 Å². The minimum Gasteiger partial charge on any atom is -0.461 e. The van der Waals surface area contributed by atoms with Crippen molar-refractivity contribution in [3.8, 4) is 22.8 Å². The van der Waals surface area contributed by atoms with Crippen molar-refractivity contribution in [3.05, 3.63) is 52.3 Å². The van der Waals surface area contributed by atoms with E-state index in [0.717, 1.165) is 17.0 Å². The summed E-state index contributed by atoms with van der Waals surface area (Å²) >= 11 is 12.4. The van der Waals surface area contributed by atoms with Crippen LogP contribution in [0.25, 0.3) is 22.8 Å². The monoisotopic (exact) mass is 292 g/mol. The Balaban J connectivity index is 2.17. The second kappa shape index (κ2) is 4.76. The quantitative estimate of drug-likeness (QED) is 0.726. The number of imidazole rings is 1. The lowest BCUT2D eigenvalue weighted by atomic mass is 10.1. The van der Waals surface area contributed by atoms with E-state index in [1.165, 1.54) is 0 Å². The number of furan rings is 1. The highest BCUT2D eigenvalue weighted by molar-refractivity contribution is 6.39. The van der Waals surface area contributed by atoms with E-state index in [1.807, 2.05) is 25.1 Å². The van der Waals surface area contributed by atoms with Crippen LogP contribution in [0.1, 0.15) is 5.69 Å². The number of rotatable bonds is 2. The Morgan fingerprint density at radius 1 is 1.11 bits per heavy atom. The van der Waals surface area contributed by atoms with Gasteiger partial charge in [0.05, 0.1) is 22.0 Å². The number of hydrogen-bond acceptors (Lipinski definition) is 2. The maximum Gasteiger partial charge on any atom is 0.174 e. The molecule has 0 spiro atoms. The Kier molecular flexibility index (Phi) is 3.09. The minimum atomic E-state index is 0.577. The summed E-state index contributed by atoms with van der Waals surface area (Å²) in [7, 11) is 0. The Labute approximate surface area is 120 Å². The van der Waals surface area contributed by atoms with Gasteiger partial charge in [-0.05, 0) is 31.2 Å². The third-order valence-corrected chi connectivity index (χ3v) is 3.47. The minimum absolute atomic E-state index is 0.577. The zero-order chi connectivity index (χ0) is 13.4. The Hall–Kier alpha value is -1.71. The van der Waals surface area contributed by atoms with E-state index in [4.69, 9.17) is 27.6 Å². The van der Waals surface area contributed by atoms with E-state index in [1.54, 1.807) is 18.4 Å². The first-order chi connectivity index (χ1) is 9.16. The predicted molar refractivity (Wildman–Crippen MR) is 76.5 cm³/mol. The number of H-pyrrole nitrogens is 1. The van der Waals surface area contributed by atoms with Gasteiger partial charge < -0.3 is 9.40 Å². The summed E-state index contributed by atoms with van der Waals surface area (Å²) in [5, 5.41) is 1.15. The van der Waals surface area contributed by atoms with E-state index in [-0.39, 0.29) is 0 Å². The summed E-state index contributed by atoms with van der Waals surface area (Å²) < 4.78 is 5.32. The molecule has 1 aromatic carbocycles. The van der Waals surface area contributed by atoms with Crippen LogP contribution in [0.5, 0.6) is 0 Å². The molecule has 3 aromatic rings. The second-order valence-electron chi connectivity index (χ2n) is 4.13. The van der Waals surface area contributed by atoms with Crippen LogP contribution in [-0.2, 0) is 0 Å². The SMILES string of the molecule is Cc1[nH]c(-c2ccco2)nc1-c1c(Cl)cccc1Cl. The normalized spacial score (nSPS) is 10.9. The highest BCUT2D eigenvalue weighted by Gasteiger charge is 2.16. The highest BCUT2D eigenvalue weighted by atomic mass is 35.5. The summed E-state index contributed by atoms with van der Waals surface area (Å²) in [6.45, 7) is 1.93. The zero-order valence-electron chi connectivity index (χ0n) is 10.1. The molecule has 19 heavy (non-hydrogen) atoms. The van der Waals surface area contributed by atoms with Crippen LogP contribution >= 0.6 is 23.2 Å². The number of halogens is 2. The van der Waals surface area contributed by atoms with Crippen molar-refractivity contribution >= 4 is 23.2 Å². The van der Waals surface area contributed by atoms with Crippen molar-refractivity contribution < 1.29 is 4.42 Å². The third kappa shape index (κ3) is 2.15. The van der Waals surface area contributed by atoms with Gasteiger partial charge in [-0.15, -0.1) is 0 Å². The van der Waals surface area contributed by atoms with Gasteiger partial charge in [0, 0.05) is 11.3 Å². The number of benzene rings is 1. The Bertz CT molecular complexity index is 697. The summed E-state index contributed by atoms with van der Waals surface area (Å²) in [6.07, 6.45) is 1.61. The van der Waals surface area contributed by atoms with Gasteiger partial charge in [-0.3, -0.25) is 0 Å². The van der Waals surface area contributed by atoms with E-state index in [2.05, 4.69) is 9.97 Å². The molecule has 5 heteroatoms. The average Bonchev–Trinajstić information content (AvgIpc) is 2.99. The van der Waals surface area contributed by atoms with Crippen LogP contribution in [0.3, 0.4) is 0 Å². The highest BCUT2D eigenvalue weighted by Crippen LogP contribution is 2.36. The summed E-state index contributed by atoms with van der Waals surface area (Å²) in [6, 6.07) is 9.06. The molecule has 0 saturated heterocycles. The molecule has 0 aliphatic rings. The standard InChI is InChI=1S/C14H10Cl2N2O/c1-8-13(12-9(15)4-2-5-10(12)16)18-14(17-8)11-6-3-7-19-11/h2-7H,1H3,(H,17,18). The average molecular weight is 293 g/mol. The molecule has 0 amide bonds. The molecule has 0 bridgehead atoms. The molecule has 0 atom stereocenters. The maximum atomic E-state index is 6.21. The van der Waals surface area contributed by atoms with Crippen LogP contribution < -0.4 is 0 Å². The van der Waals surface area contributed by atoms with Gasteiger partial charge in [-0.1, -0.05) is 29.3 Å². The molecule has 0 aliphatic heterocycles. The molecule has 0 fully saturated rings. The maximum absolute atomic E-state index is 6.21. The van der Waals surface area contributed by atoms with Crippen molar-refractivity contribution in [1.82, 2.24) is 9.97 Å². The molecule has 1 N–H and O–H groups in total. The topological polar surface area (TPSA) is 41.8 Å². The van der Waals surface area contributed by atoms with E-state index in [9.17, 15) is 0 Å². The number of aromatic nitrogens is 2. The fourth-order valence-corrected chi connectivity index (χ4v) is 2.53. The van der Waals surface area contributed by atoms with Gasteiger partial charge in [0.15, 0.2) is 11.6 Å². The van der Waals surface area contributed by atoms with Gasteiger partial charge in [-0.25, -0.2) is 4.98 Å². The van der Waals surface area contributed by atoms with Crippen LogP contribution in [-0.4, -0.2) is 9.97 Å².